The number of hydrogen-bond acceptors (Lipinski definition) is 1. The summed E-state index contributed by atoms with van der Waals surface area (Å²) in [6, 6.07) is 3.55. The number of pyridine rings is 1. The molecule has 0 amide bonds. The molecule has 0 saturated heterocycles. The van der Waals surface area contributed by atoms with E-state index in [9.17, 15) is 0 Å². The Hall–Kier alpha value is -0.270. The molecule has 0 aliphatic heterocycles. The standard InChI is InChI=1S/C7H3ClIN/c8-7-2-1-6(3-4-9)5-10-7/h1-2,5H. The number of aromatic nitrogens is 1. The van der Waals surface area contributed by atoms with Gasteiger partial charge in [-0.3, -0.25) is 0 Å². The van der Waals surface area contributed by atoms with Crippen LogP contribution in [0, 0.1) is 9.85 Å². The van der Waals surface area contributed by atoms with E-state index in [1.807, 2.05) is 28.7 Å². The second-order valence-electron chi connectivity index (χ2n) is 1.59. The third-order valence-corrected chi connectivity index (χ3v) is 1.41. The molecule has 10 heavy (non-hydrogen) atoms. The molecule has 1 rings (SSSR count). The van der Waals surface area contributed by atoms with Gasteiger partial charge in [0, 0.05) is 34.4 Å². The second kappa shape index (κ2) is 3.79. The summed E-state index contributed by atoms with van der Waals surface area (Å²) in [5, 5.41) is 0.499. The molecular formula is C7H3ClIN. The predicted octanol–water partition coefficient (Wildman–Crippen LogP) is 2.48. The van der Waals surface area contributed by atoms with Crippen molar-refractivity contribution in [3.8, 4) is 9.85 Å². The topological polar surface area (TPSA) is 12.9 Å². The van der Waals surface area contributed by atoms with Crippen molar-refractivity contribution in [2.75, 3.05) is 0 Å². The van der Waals surface area contributed by atoms with E-state index in [1.54, 1.807) is 12.3 Å². The van der Waals surface area contributed by atoms with Crippen molar-refractivity contribution in [2.24, 2.45) is 0 Å². The smallest absolute Gasteiger partial charge is 0.129 e. The Kier molecular flexibility index (Phi) is 2.97. The van der Waals surface area contributed by atoms with Crippen LogP contribution in [0.4, 0.5) is 0 Å². The summed E-state index contributed by atoms with van der Waals surface area (Å²) in [6.45, 7) is 0. The summed E-state index contributed by atoms with van der Waals surface area (Å²) in [5.74, 6) is 2.85. The summed E-state index contributed by atoms with van der Waals surface area (Å²) in [6.07, 6.45) is 1.65. The van der Waals surface area contributed by atoms with Gasteiger partial charge in [-0.2, -0.15) is 0 Å². The number of hydrogen-bond donors (Lipinski definition) is 0. The monoisotopic (exact) mass is 263 g/mol. The van der Waals surface area contributed by atoms with Gasteiger partial charge in [-0.25, -0.2) is 4.98 Å². The Morgan fingerprint density at radius 1 is 1.50 bits per heavy atom. The van der Waals surface area contributed by atoms with Crippen LogP contribution in [-0.2, 0) is 0 Å². The third-order valence-electron chi connectivity index (χ3n) is 0.919. The molecule has 0 spiro atoms. The van der Waals surface area contributed by atoms with Crippen LogP contribution in [0.15, 0.2) is 18.3 Å². The SMILES string of the molecule is Clc1ccc(C#CI)cn1. The maximum Gasteiger partial charge on any atom is 0.129 e. The van der Waals surface area contributed by atoms with Crippen LogP contribution in [0.3, 0.4) is 0 Å². The van der Waals surface area contributed by atoms with Gasteiger partial charge in [-0.15, -0.1) is 0 Å². The molecule has 0 aromatic carbocycles. The molecule has 1 aromatic rings. The van der Waals surface area contributed by atoms with Crippen molar-refractivity contribution >= 4 is 34.2 Å². The highest BCUT2D eigenvalue weighted by Crippen LogP contribution is 2.03. The van der Waals surface area contributed by atoms with Gasteiger partial charge in [0.25, 0.3) is 0 Å². The van der Waals surface area contributed by atoms with Gasteiger partial charge in [0.2, 0.25) is 0 Å². The molecule has 0 radical (unpaired) electrons. The van der Waals surface area contributed by atoms with E-state index in [4.69, 9.17) is 11.6 Å². The van der Waals surface area contributed by atoms with Gasteiger partial charge in [0.15, 0.2) is 0 Å². The van der Waals surface area contributed by atoms with Gasteiger partial charge in [-0.1, -0.05) is 17.5 Å². The zero-order valence-electron chi connectivity index (χ0n) is 4.94. The zero-order chi connectivity index (χ0) is 7.40. The fraction of sp³-hybridized carbons (Fsp3) is 0. The predicted molar refractivity (Wildman–Crippen MR) is 50.1 cm³/mol. The van der Waals surface area contributed by atoms with Gasteiger partial charge in [0.1, 0.15) is 5.15 Å². The second-order valence-corrected chi connectivity index (χ2v) is 2.52. The Labute approximate surface area is 77.9 Å². The van der Waals surface area contributed by atoms with Crippen LogP contribution in [0.5, 0.6) is 0 Å². The van der Waals surface area contributed by atoms with Gasteiger partial charge in [-0.05, 0) is 16.1 Å². The Morgan fingerprint density at radius 3 is 2.80 bits per heavy atom. The molecule has 0 aliphatic rings. The minimum absolute atomic E-state index is 0.499. The van der Waals surface area contributed by atoms with E-state index >= 15 is 0 Å². The van der Waals surface area contributed by atoms with Gasteiger partial charge >= 0.3 is 0 Å². The summed E-state index contributed by atoms with van der Waals surface area (Å²) >= 11 is 7.53. The molecule has 0 N–H and O–H groups in total. The van der Waals surface area contributed by atoms with E-state index in [1.165, 1.54) is 0 Å². The van der Waals surface area contributed by atoms with Crippen molar-refractivity contribution in [1.29, 1.82) is 0 Å². The summed E-state index contributed by atoms with van der Waals surface area (Å²) in [7, 11) is 0. The van der Waals surface area contributed by atoms with E-state index in [-0.39, 0.29) is 0 Å². The average Bonchev–Trinajstić information content (AvgIpc) is 1.95. The van der Waals surface area contributed by atoms with Crippen LogP contribution < -0.4 is 0 Å². The lowest BCUT2D eigenvalue weighted by Crippen LogP contribution is -1.76. The lowest BCUT2D eigenvalue weighted by Gasteiger charge is -1.87. The molecule has 0 fully saturated rings. The first kappa shape index (κ1) is 7.83. The molecule has 1 aromatic heterocycles. The van der Waals surface area contributed by atoms with Crippen molar-refractivity contribution in [2.45, 2.75) is 0 Å². The minimum Gasteiger partial charge on any atom is -0.243 e. The first-order valence-corrected chi connectivity index (χ1v) is 4.02. The van der Waals surface area contributed by atoms with Gasteiger partial charge < -0.3 is 0 Å². The Balaban J connectivity index is 2.97. The highest BCUT2D eigenvalue weighted by atomic mass is 127. The maximum absolute atomic E-state index is 5.55. The highest BCUT2D eigenvalue weighted by molar-refractivity contribution is 14.1. The molecule has 3 heteroatoms. The van der Waals surface area contributed by atoms with Crippen LogP contribution in [0.25, 0.3) is 0 Å². The summed E-state index contributed by atoms with van der Waals surface area (Å²) < 4.78 is 2.74. The summed E-state index contributed by atoms with van der Waals surface area (Å²) in [4.78, 5) is 3.86. The van der Waals surface area contributed by atoms with Gasteiger partial charge in [0.05, 0.1) is 0 Å². The van der Waals surface area contributed by atoms with Crippen LogP contribution >= 0.6 is 34.2 Å². The van der Waals surface area contributed by atoms with Crippen LogP contribution in [0.1, 0.15) is 5.56 Å². The molecular weight excluding hydrogens is 260 g/mol. The normalized spacial score (nSPS) is 8.20. The molecule has 0 aliphatic carbocycles. The maximum atomic E-state index is 5.55. The number of rotatable bonds is 0. The average molecular weight is 263 g/mol. The van der Waals surface area contributed by atoms with E-state index in [2.05, 4.69) is 14.8 Å². The van der Waals surface area contributed by atoms with Crippen molar-refractivity contribution in [1.82, 2.24) is 4.98 Å². The first-order valence-electron chi connectivity index (χ1n) is 2.56. The van der Waals surface area contributed by atoms with E-state index in [0.29, 0.717) is 5.15 Å². The number of nitrogens with zero attached hydrogens (tertiary/aromatic N) is 1. The first-order chi connectivity index (χ1) is 4.83. The molecule has 1 nitrogen and oxygen atoms in total. The fourth-order valence-electron chi connectivity index (χ4n) is 0.504. The quantitative estimate of drug-likeness (QED) is 0.398. The van der Waals surface area contributed by atoms with Crippen LogP contribution in [0.2, 0.25) is 5.15 Å². The van der Waals surface area contributed by atoms with E-state index < -0.39 is 0 Å². The number of halogens is 2. The molecule has 0 bridgehead atoms. The molecule has 50 valence electrons. The van der Waals surface area contributed by atoms with E-state index in [0.717, 1.165) is 5.56 Å². The molecule has 1 heterocycles. The fourth-order valence-corrected chi connectivity index (χ4v) is 0.928. The zero-order valence-corrected chi connectivity index (χ0v) is 7.85. The summed E-state index contributed by atoms with van der Waals surface area (Å²) in [5.41, 5.74) is 0.888. The van der Waals surface area contributed by atoms with Crippen molar-refractivity contribution in [3.63, 3.8) is 0 Å². The van der Waals surface area contributed by atoms with Crippen molar-refractivity contribution in [3.05, 3.63) is 29.0 Å². The minimum atomic E-state index is 0.499. The Morgan fingerprint density at radius 2 is 2.30 bits per heavy atom. The largest absolute Gasteiger partial charge is 0.243 e. The van der Waals surface area contributed by atoms with Crippen LogP contribution in [-0.4, -0.2) is 4.98 Å². The third kappa shape index (κ3) is 2.16. The highest BCUT2D eigenvalue weighted by Gasteiger charge is 1.86. The lowest BCUT2D eigenvalue weighted by molar-refractivity contribution is 1.31. The lowest BCUT2D eigenvalue weighted by atomic mass is 10.3. The molecule has 0 unspecified atom stereocenters. The molecule has 0 saturated carbocycles. The van der Waals surface area contributed by atoms with Crippen molar-refractivity contribution < 1.29 is 0 Å². The molecule has 0 atom stereocenters. The Bertz CT molecular complexity index is 270.